The van der Waals surface area contributed by atoms with E-state index in [1.54, 1.807) is 35.4 Å². The van der Waals surface area contributed by atoms with E-state index < -0.39 is 21.0 Å². The highest BCUT2D eigenvalue weighted by Crippen LogP contribution is 2.12. The molecule has 0 aliphatic rings. The van der Waals surface area contributed by atoms with Gasteiger partial charge >= 0.3 is 0 Å². The van der Waals surface area contributed by atoms with E-state index in [2.05, 4.69) is 10.3 Å². The van der Waals surface area contributed by atoms with Gasteiger partial charge in [0.25, 0.3) is 0 Å². The van der Waals surface area contributed by atoms with Crippen LogP contribution < -0.4 is 5.32 Å². The van der Waals surface area contributed by atoms with E-state index in [9.17, 15) is 17.6 Å². The van der Waals surface area contributed by atoms with Gasteiger partial charge in [-0.3, -0.25) is 4.79 Å². The summed E-state index contributed by atoms with van der Waals surface area (Å²) in [5.41, 5.74) is 1.15. The average Bonchev–Trinajstić information content (AvgIpc) is 2.99. The topological polar surface area (TPSA) is 81.1 Å². The molecule has 0 fully saturated rings. The van der Waals surface area contributed by atoms with Crippen LogP contribution in [0.3, 0.4) is 0 Å². The van der Waals surface area contributed by atoms with E-state index in [1.807, 2.05) is 0 Å². The number of sulfone groups is 1. The van der Waals surface area contributed by atoms with E-state index in [0.29, 0.717) is 17.7 Å². The molecule has 1 unspecified atom stereocenters. The Kier molecular flexibility index (Phi) is 5.15. The number of hydrogen-bond donors (Lipinski definition) is 1. The first kappa shape index (κ1) is 17.1. The minimum atomic E-state index is -3.44. The third-order valence-electron chi connectivity index (χ3n) is 3.50. The second-order valence-corrected chi connectivity index (χ2v) is 7.72. The van der Waals surface area contributed by atoms with Crippen LogP contribution in [0, 0.1) is 5.82 Å². The summed E-state index contributed by atoms with van der Waals surface area (Å²) in [4.78, 5) is 15.7. The Balaban J connectivity index is 2.05. The fourth-order valence-electron chi connectivity index (χ4n) is 1.96. The smallest absolute Gasteiger partial charge is 0.238 e. The lowest BCUT2D eigenvalue weighted by molar-refractivity contribution is -0.120. The van der Waals surface area contributed by atoms with Gasteiger partial charge in [0.1, 0.15) is 11.1 Å². The molecule has 1 atom stereocenters. The summed E-state index contributed by atoms with van der Waals surface area (Å²) in [5, 5.41) is 1.43. The Bertz CT molecular complexity index is 788. The minimum absolute atomic E-state index is 0.135. The molecule has 0 aliphatic heterocycles. The van der Waals surface area contributed by atoms with Crippen LogP contribution in [0.25, 0.3) is 0 Å². The summed E-state index contributed by atoms with van der Waals surface area (Å²) < 4.78 is 38.3. The number of benzene rings is 1. The molecule has 0 bridgehead atoms. The van der Waals surface area contributed by atoms with Crippen molar-refractivity contribution in [2.45, 2.75) is 25.3 Å². The summed E-state index contributed by atoms with van der Waals surface area (Å²) in [5.74, 6) is -0.925. The normalized spacial score (nSPS) is 12.8. The number of nitrogens with one attached hydrogen (secondary N) is 1. The first-order valence-corrected chi connectivity index (χ1v) is 8.92. The van der Waals surface area contributed by atoms with Crippen molar-refractivity contribution in [3.8, 4) is 0 Å². The van der Waals surface area contributed by atoms with Crippen molar-refractivity contribution in [3.63, 3.8) is 0 Å². The Hall–Kier alpha value is -2.22. The number of carbonyl (C=O) groups is 1. The van der Waals surface area contributed by atoms with E-state index in [1.165, 1.54) is 13.0 Å². The van der Waals surface area contributed by atoms with E-state index >= 15 is 0 Å². The second kappa shape index (κ2) is 6.91. The lowest BCUT2D eigenvalue weighted by atomic mass is 10.1. The number of nitrogens with zero attached hydrogens (tertiary/aromatic N) is 2. The van der Waals surface area contributed by atoms with E-state index in [-0.39, 0.29) is 12.4 Å². The van der Waals surface area contributed by atoms with Crippen LogP contribution in [0.5, 0.6) is 0 Å². The Morgan fingerprint density at radius 2 is 2.17 bits per heavy atom. The standard InChI is InChI=1S/C15H18FN3O3S/c1-11(23(2,21)22)15(20)18-8-12-3-4-14(16)13(7-12)9-19-6-5-17-10-19/h3-7,10-11H,8-9H2,1-2H3,(H,18,20). The van der Waals surface area contributed by atoms with Crippen LogP contribution in [-0.4, -0.2) is 35.4 Å². The van der Waals surface area contributed by atoms with E-state index in [0.717, 1.165) is 6.26 Å². The molecule has 0 saturated heterocycles. The van der Waals surface area contributed by atoms with Crippen LogP contribution in [0.2, 0.25) is 0 Å². The predicted octanol–water partition coefficient (Wildman–Crippen LogP) is 1.12. The molecule has 2 aromatic rings. The van der Waals surface area contributed by atoms with Crippen LogP contribution in [0.15, 0.2) is 36.9 Å². The van der Waals surface area contributed by atoms with Gasteiger partial charge in [-0.1, -0.05) is 6.07 Å². The molecular formula is C15H18FN3O3S. The van der Waals surface area contributed by atoms with Crippen molar-refractivity contribution in [1.82, 2.24) is 14.9 Å². The van der Waals surface area contributed by atoms with Crippen LogP contribution in [0.1, 0.15) is 18.1 Å². The van der Waals surface area contributed by atoms with Crippen molar-refractivity contribution in [2.75, 3.05) is 6.26 Å². The average molecular weight is 339 g/mol. The summed E-state index contributed by atoms with van der Waals surface area (Å²) in [6, 6.07) is 4.52. The zero-order valence-electron chi connectivity index (χ0n) is 12.9. The van der Waals surface area contributed by atoms with Gasteiger partial charge < -0.3 is 9.88 Å². The molecule has 0 radical (unpaired) electrons. The molecule has 6 nitrogen and oxygen atoms in total. The summed E-state index contributed by atoms with van der Waals surface area (Å²) in [6.45, 7) is 1.79. The van der Waals surface area contributed by atoms with Crippen LogP contribution in [-0.2, 0) is 27.7 Å². The number of halogens is 1. The fraction of sp³-hybridized carbons (Fsp3) is 0.333. The maximum absolute atomic E-state index is 13.8. The number of aromatic nitrogens is 2. The van der Waals surface area contributed by atoms with Gasteiger partial charge in [0.05, 0.1) is 12.9 Å². The molecule has 8 heteroatoms. The maximum atomic E-state index is 13.8. The summed E-state index contributed by atoms with van der Waals surface area (Å²) >= 11 is 0. The van der Waals surface area contributed by atoms with Crippen molar-refractivity contribution >= 4 is 15.7 Å². The lowest BCUT2D eigenvalue weighted by Gasteiger charge is -2.12. The molecule has 0 saturated carbocycles. The summed E-state index contributed by atoms with van der Waals surface area (Å²) in [7, 11) is -3.44. The lowest BCUT2D eigenvalue weighted by Crippen LogP contribution is -2.37. The highest BCUT2D eigenvalue weighted by molar-refractivity contribution is 7.92. The maximum Gasteiger partial charge on any atom is 0.238 e. The molecule has 1 N–H and O–H groups in total. The molecule has 1 aromatic carbocycles. The fourth-order valence-corrected chi connectivity index (χ4v) is 2.44. The molecule has 23 heavy (non-hydrogen) atoms. The first-order valence-electron chi connectivity index (χ1n) is 6.97. The van der Waals surface area contributed by atoms with Crippen molar-refractivity contribution in [2.24, 2.45) is 0 Å². The molecule has 1 heterocycles. The minimum Gasteiger partial charge on any atom is -0.351 e. The van der Waals surface area contributed by atoms with Crippen molar-refractivity contribution in [1.29, 1.82) is 0 Å². The second-order valence-electron chi connectivity index (χ2n) is 5.35. The Morgan fingerprint density at radius 3 is 2.78 bits per heavy atom. The highest BCUT2D eigenvalue weighted by atomic mass is 32.2. The highest BCUT2D eigenvalue weighted by Gasteiger charge is 2.23. The molecular weight excluding hydrogens is 321 g/mol. The van der Waals surface area contributed by atoms with Crippen LogP contribution >= 0.6 is 0 Å². The Morgan fingerprint density at radius 1 is 1.43 bits per heavy atom. The number of amides is 1. The number of carbonyl (C=O) groups excluding carboxylic acids is 1. The quantitative estimate of drug-likeness (QED) is 0.855. The third-order valence-corrected chi connectivity index (χ3v) is 5.00. The number of hydrogen-bond acceptors (Lipinski definition) is 4. The zero-order valence-corrected chi connectivity index (χ0v) is 13.7. The van der Waals surface area contributed by atoms with Crippen molar-refractivity contribution < 1.29 is 17.6 Å². The monoisotopic (exact) mass is 339 g/mol. The molecule has 0 aliphatic carbocycles. The predicted molar refractivity (Wildman–Crippen MR) is 83.9 cm³/mol. The molecule has 2 rings (SSSR count). The third kappa shape index (κ3) is 4.62. The number of imidazole rings is 1. The van der Waals surface area contributed by atoms with E-state index in [4.69, 9.17) is 0 Å². The van der Waals surface area contributed by atoms with Gasteiger partial charge in [-0.05, 0) is 24.6 Å². The SMILES string of the molecule is CC(C(=O)NCc1ccc(F)c(Cn2ccnc2)c1)S(C)(=O)=O. The Labute approximate surface area is 134 Å². The molecule has 1 aromatic heterocycles. The summed E-state index contributed by atoms with van der Waals surface area (Å²) in [6.07, 6.45) is 5.93. The van der Waals surface area contributed by atoms with Gasteiger partial charge in [-0.2, -0.15) is 0 Å². The molecule has 124 valence electrons. The van der Waals surface area contributed by atoms with Gasteiger partial charge in [-0.25, -0.2) is 17.8 Å². The number of rotatable bonds is 6. The largest absolute Gasteiger partial charge is 0.351 e. The van der Waals surface area contributed by atoms with Crippen molar-refractivity contribution in [3.05, 3.63) is 53.9 Å². The van der Waals surface area contributed by atoms with Gasteiger partial charge in [0.2, 0.25) is 5.91 Å². The van der Waals surface area contributed by atoms with Crippen LogP contribution in [0.4, 0.5) is 4.39 Å². The zero-order chi connectivity index (χ0) is 17.0. The molecule has 1 amide bonds. The van der Waals surface area contributed by atoms with Gasteiger partial charge in [0.15, 0.2) is 9.84 Å². The first-order chi connectivity index (χ1) is 10.8. The molecule has 0 spiro atoms. The van der Waals surface area contributed by atoms with Gasteiger partial charge in [0, 0.05) is 30.8 Å². The van der Waals surface area contributed by atoms with Gasteiger partial charge in [-0.15, -0.1) is 0 Å².